The quantitative estimate of drug-likeness (QED) is 0.217. The lowest BCUT2D eigenvalue weighted by Crippen LogP contribution is -2.14. The molecule has 0 bridgehead atoms. The van der Waals surface area contributed by atoms with E-state index < -0.39 is 0 Å². The van der Waals surface area contributed by atoms with Crippen molar-refractivity contribution in [3.63, 3.8) is 0 Å². The summed E-state index contributed by atoms with van der Waals surface area (Å²) in [6.07, 6.45) is 5.29. The van der Waals surface area contributed by atoms with Gasteiger partial charge in [0, 0.05) is 21.7 Å². The van der Waals surface area contributed by atoms with E-state index in [9.17, 15) is 4.79 Å². The third kappa shape index (κ3) is 4.29. The minimum atomic E-state index is -0.197. The number of carbonyl (C=O) groups excluding carboxylic acids is 1. The van der Waals surface area contributed by atoms with Gasteiger partial charge in [-0.3, -0.25) is 18.9 Å². The van der Waals surface area contributed by atoms with Crippen LogP contribution in [0.1, 0.15) is 40.1 Å². The average molecular weight is 564 g/mol. The van der Waals surface area contributed by atoms with Gasteiger partial charge in [0.15, 0.2) is 0 Å². The Morgan fingerprint density at radius 2 is 2.00 bits per heavy atom. The lowest BCUT2D eigenvalue weighted by Gasteiger charge is -2.09. The number of anilines is 1. The number of aromatic nitrogens is 5. The Morgan fingerprint density at radius 3 is 2.79 bits per heavy atom. The third-order valence-electron chi connectivity index (χ3n) is 5.88. The second kappa shape index (κ2) is 9.54. The van der Waals surface area contributed by atoms with E-state index in [1.54, 1.807) is 6.20 Å². The first-order valence-corrected chi connectivity index (χ1v) is 12.8. The fourth-order valence-electron chi connectivity index (χ4n) is 4.26. The number of rotatable bonds is 7. The number of hydrogen-bond donors (Lipinski definition) is 1. The van der Waals surface area contributed by atoms with E-state index in [0.717, 1.165) is 56.6 Å². The van der Waals surface area contributed by atoms with Crippen LogP contribution in [0.15, 0.2) is 60.9 Å². The van der Waals surface area contributed by atoms with Gasteiger partial charge in [0.05, 0.1) is 35.3 Å². The van der Waals surface area contributed by atoms with Crippen molar-refractivity contribution >= 4 is 50.7 Å². The van der Waals surface area contributed by atoms with Crippen LogP contribution in [0, 0.1) is 6.92 Å². The number of aryl methyl sites for hydroxylation is 3. The number of pyridine rings is 2. The van der Waals surface area contributed by atoms with Crippen LogP contribution in [0.2, 0.25) is 0 Å². The molecule has 1 amide bonds. The molecule has 4 aromatic heterocycles. The monoisotopic (exact) mass is 564 g/mol. The highest BCUT2D eigenvalue weighted by molar-refractivity contribution is 14.1. The topological polar surface area (TPSA) is 77.1 Å². The number of hydrogen-bond acceptors (Lipinski definition) is 4. The first kappa shape index (κ1) is 22.5. The minimum Gasteiger partial charge on any atom is -0.320 e. The van der Waals surface area contributed by atoms with E-state index >= 15 is 0 Å². The van der Waals surface area contributed by atoms with E-state index in [1.807, 2.05) is 70.7 Å². The molecule has 0 atom stereocenters. The lowest BCUT2D eigenvalue weighted by atomic mass is 10.1. The molecule has 0 saturated heterocycles. The number of benzene rings is 1. The Labute approximate surface area is 211 Å². The maximum absolute atomic E-state index is 13.3. The van der Waals surface area contributed by atoms with Crippen LogP contribution in [-0.4, -0.2) is 34.5 Å². The molecular formula is C26H25IN6O. The fourth-order valence-corrected chi connectivity index (χ4v) is 4.89. The van der Waals surface area contributed by atoms with Gasteiger partial charge in [-0.1, -0.05) is 41.6 Å². The van der Waals surface area contributed by atoms with Crippen molar-refractivity contribution in [2.24, 2.45) is 0 Å². The van der Waals surface area contributed by atoms with Gasteiger partial charge in [-0.25, -0.2) is 4.98 Å². The van der Waals surface area contributed by atoms with Crippen LogP contribution in [0.5, 0.6) is 0 Å². The SMILES string of the molecule is CCc1nn(Cc2cccc(C)n2)c2cccc(NC(=O)c3cnc4cc(CCI)ccn34)c12. The van der Waals surface area contributed by atoms with Crippen molar-refractivity contribution in [3.05, 3.63) is 89.3 Å². The molecule has 0 aliphatic carbocycles. The number of imidazole rings is 1. The van der Waals surface area contributed by atoms with Crippen molar-refractivity contribution in [1.82, 2.24) is 24.1 Å². The van der Waals surface area contributed by atoms with Crippen LogP contribution >= 0.6 is 22.6 Å². The number of nitrogens with zero attached hydrogens (tertiary/aromatic N) is 5. The van der Waals surface area contributed by atoms with E-state index in [0.29, 0.717) is 12.2 Å². The molecule has 7 nitrogen and oxygen atoms in total. The van der Waals surface area contributed by atoms with Crippen molar-refractivity contribution < 1.29 is 4.79 Å². The summed E-state index contributed by atoms with van der Waals surface area (Å²) in [7, 11) is 0. The minimum absolute atomic E-state index is 0.197. The zero-order valence-electron chi connectivity index (χ0n) is 19.1. The maximum atomic E-state index is 13.3. The zero-order valence-corrected chi connectivity index (χ0v) is 21.3. The molecule has 5 rings (SSSR count). The van der Waals surface area contributed by atoms with Gasteiger partial charge in [-0.2, -0.15) is 5.10 Å². The van der Waals surface area contributed by atoms with Crippen LogP contribution in [0.25, 0.3) is 16.6 Å². The molecule has 172 valence electrons. The summed E-state index contributed by atoms with van der Waals surface area (Å²) in [4.78, 5) is 22.3. The molecule has 8 heteroatoms. The van der Waals surface area contributed by atoms with Crippen molar-refractivity contribution in [3.8, 4) is 0 Å². The molecule has 0 saturated carbocycles. The number of amides is 1. The summed E-state index contributed by atoms with van der Waals surface area (Å²) in [6, 6.07) is 16.0. The first-order valence-electron chi connectivity index (χ1n) is 11.3. The Kier molecular flexibility index (Phi) is 6.32. The third-order valence-corrected chi connectivity index (χ3v) is 6.42. The summed E-state index contributed by atoms with van der Waals surface area (Å²) in [6.45, 7) is 4.64. The summed E-state index contributed by atoms with van der Waals surface area (Å²) >= 11 is 2.36. The smallest absolute Gasteiger partial charge is 0.274 e. The highest BCUT2D eigenvalue weighted by atomic mass is 127. The normalized spacial score (nSPS) is 11.4. The zero-order chi connectivity index (χ0) is 23.7. The maximum Gasteiger partial charge on any atom is 0.274 e. The summed E-state index contributed by atoms with van der Waals surface area (Å²) < 4.78 is 4.84. The lowest BCUT2D eigenvalue weighted by molar-refractivity contribution is 0.102. The second-order valence-electron chi connectivity index (χ2n) is 8.23. The predicted octanol–water partition coefficient (Wildman–Crippen LogP) is 5.23. The fraction of sp³-hybridized carbons (Fsp3) is 0.231. The molecule has 4 heterocycles. The number of fused-ring (bicyclic) bond motifs is 2. The summed E-state index contributed by atoms with van der Waals surface area (Å²) in [5, 5.41) is 8.92. The first-order chi connectivity index (χ1) is 16.6. The number of carbonyl (C=O) groups is 1. The average Bonchev–Trinajstić information content (AvgIpc) is 3.41. The van der Waals surface area contributed by atoms with Gasteiger partial charge < -0.3 is 5.32 Å². The second-order valence-corrected chi connectivity index (χ2v) is 9.31. The molecule has 34 heavy (non-hydrogen) atoms. The van der Waals surface area contributed by atoms with Gasteiger partial charge in [0.25, 0.3) is 5.91 Å². The summed E-state index contributed by atoms with van der Waals surface area (Å²) in [5.74, 6) is -0.197. The molecule has 0 aliphatic rings. The Balaban J connectivity index is 1.49. The molecular weight excluding hydrogens is 539 g/mol. The van der Waals surface area contributed by atoms with Gasteiger partial charge in [-0.05, 0) is 61.7 Å². The molecule has 0 spiro atoms. The van der Waals surface area contributed by atoms with E-state index in [4.69, 9.17) is 5.10 Å². The van der Waals surface area contributed by atoms with Crippen molar-refractivity contribution in [2.75, 3.05) is 9.74 Å². The highest BCUT2D eigenvalue weighted by Gasteiger charge is 2.18. The van der Waals surface area contributed by atoms with E-state index in [2.05, 4.69) is 44.8 Å². The molecule has 0 fully saturated rings. The molecule has 1 aromatic carbocycles. The molecule has 0 radical (unpaired) electrons. The van der Waals surface area contributed by atoms with Crippen molar-refractivity contribution in [1.29, 1.82) is 0 Å². The van der Waals surface area contributed by atoms with Crippen LogP contribution < -0.4 is 5.32 Å². The Morgan fingerprint density at radius 1 is 1.15 bits per heavy atom. The van der Waals surface area contributed by atoms with Crippen molar-refractivity contribution in [2.45, 2.75) is 33.2 Å². The highest BCUT2D eigenvalue weighted by Crippen LogP contribution is 2.28. The molecule has 5 aromatic rings. The van der Waals surface area contributed by atoms with Crippen LogP contribution in [0.4, 0.5) is 5.69 Å². The number of halogens is 1. The molecule has 0 aliphatic heterocycles. The van der Waals surface area contributed by atoms with Gasteiger partial charge >= 0.3 is 0 Å². The predicted molar refractivity (Wildman–Crippen MR) is 143 cm³/mol. The number of nitrogens with one attached hydrogen (secondary N) is 1. The standard InChI is InChI=1S/C26H25IN6O/c1-3-20-25-21(8-5-9-22(25)33(31-20)16-19-7-4-6-17(2)29-19)30-26(34)23-15-28-24-14-18(10-12-27)11-13-32(23)24/h4-9,11,13-15H,3,10,12,16H2,1-2H3,(H,30,34). The Hall–Kier alpha value is -3.27. The number of alkyl halides is 1. The van der Waals surface area contributed by atoms with E-state index in [1.165, 1.54) is 5.56 Å². The molecule has 0 unspecified atom stereocenters. The summed E-state index contributed by atoms with van der Waals surface area (Å²) in [5.41, 5.74) is 7.09. The largest absolute Gasteiger partial charge is 0.320 e. The van der Waals surface area contributed by atoms with Crippen LogP contribution in [-0.2, 0) is 19.4 Å². The van der Waals surface area contributed by atoms with Gasteiger partial charge in [0.2, 0.25) is 0 Å². The van der Waals surface area contributed by atoms with Crippen LogP contribution in [0.3, 0.4) is 0 Å². The molecule has 1 N–H and O–H groups in total. The van der Waals surface area contributed by atoms with Gasteiger partial charge in [0.1, 0.15) is 11.3 Å². The Bertz CT molecular complexity index is 1500. The van der Waals surface area contributed by atoms with Gasteiger partial charge in [-0.15, -0.1) is 0 Å². The van der Waals surface area contributed by atoms with E-state index in [-0.39, 0.29) is 5.91 Å².